The molecule has 1 fully saturated rings. The maximum Gasteiger partial charge on any atom is 0.245 e. The fourth-order valence-electron chi connectivity index (χ4n) is 4.27. The van der Waals surface area contributed by atoms with E-state index in [1.54, 1.807) is 0 Å². The molecule has 0 saturated carbocycles. The highest BCUT2D eigenvalue weighted by molar-refractivity contribution is 7.97. The molecule has 0 aliphatic carbocycles. The third-order valence-electron chi connectivity index (χ3n) is 5.94. The van der Waals surface area contributed by atoms with Crippen molar-refractivity contribution in [3.8, 4) is 0 Å². The molecule has 1 saturated heterocycles. The molecule has 4 nitrogen and oxygen atoms in total. The molecule has 2 aliphatic rings. The highest BCUT2D eigenvalue weighted by atomic mass is 35.5. The summed E-state index contributed by atoms with van der Waals surface area (Å²) < 4.78 is 3.39. The maximum absolute atomic E-state index is 13.0. The molecular weight excluding hydrogens is 414 g/mol. The van der Waals surface area contributed by atoms with Gasteiger partial charge in [0.05, 0.1) is 6.04 Å². The lowest BCUT2D eigenvalue weighted by atomic mass is 10.0. The van der Waals surface area contributed by atoms with Crippen molar-refractivity contribution in [2.24, 2.45) is 0 Å². The third kappa shape index (κ3) is 4.08. The van der Waals surface area contributed by atoms with Gasteiger partial charge in [-0.05, 0) is 103 Å². The van der Waals surface area contributed by atoms with Crippen LogP contribution >= 0.6 is 23.5 Å². The molecule has 3 aromatic carbocycles. The van der Waals surface area contributed by atoms with Crippen LogP contribution in [0, 0.1) is 0 Å². The molecule has 2 heterocycles. The van der Waals surface area contributed by atoms with E-state index in [0.717, 1.165) is 65.3 Å². The van der Waals surface area contributed by atoms with Crippen molar-refractivity contribution in [2.75, 3.05) is 24.5 Å². The average molecular weight is 438 g/mol. The molecule has 0 unspecified atom stereocenters. The van der Waals surface area contributed by atoms with Crippen LogP contribution in [-0.4, -0.2) is 31.6 Å². The highest BCUT2D eigenvalue weighted by Gasteiger charge is 2.32. The minimum absolute atomic E-state index is 0.154. The van der Waals surface area contributed by atoms with Crippen molar-refractivity contribution in [1.82, 2.24) is 10.0 Å². The largest absolute Gasteiger partial charge is 0.316 e. The van der Waals surface area contributed by atoms with Crippen molar-refractivity contribution >= 4 is 45.9 Å². The van der Waals surface area contributed by atoms with Crippen LogP contribution in [0.15, 0.2) is 59.5 Å². The summed E-state index contributed by atoms with van der Waals surface area (Å²) in [5, 5.41) is 6.45. The first-order valence-corrected chi connectivity index (χ1v) is 11.6. The number of fused-ring (bicyclic) bond motifs is 2. The van der Waals surface area contributed by atoms with Gasteiger partial charge in [0.25, 0.3) is 0 Å². The van der Waals surface area contributed by atoms with E-state index in [0.29, 0.717) is 0 Å². The summed E-state index contributed by atoms with van der Waals surface area (Å²) in [5.41, 5.74) is 3.79. The van der Waals surface area contributed by atoms with Gasteiger partial charge in [-0.25, -0.2) is 4.72 Å². The van der Waals surface area contributed by atoms with E-state index in [2.05, 4.69) is 46.4 Å². The maximum atomic E-state index is 13.0. The van der Waals surface area contributed by atoms with Crippen molar-refractivity contribution in [2.45, 2.75) is 30.2 Å². The second kappa shape index (κ2) is 8.60. The van der Waals surface area contributed by atoms with Gasteiger partial charge in [-0.15, -0.1) is 0 Å². The number of rotatable bonds is 4. The Labute approximate surface area is 186 Å². The summed E-state index contributed by atoms with van der Waals surface area (Å²) in [6.07, 6.45) is 2.89. The Balaban J connectivity index is 1.26. The number of halogens is 1. The van der Waals surface area contributed by atoms with Crippen molar-refractivity contribution in [3.05, 3.63) is 70.7 Å². The summed E-state index contributed by atoms with van der Waals surface area (Å²) in [6, 6.07) is 18.5. The Kier molecular flexibility index (Phi) is 5.70. The minimum Gasteiger partial charge on any atom is -0.316 e. The molecule has 0 bridgehead atoms. The standard InChI is InChI=1S/C24H24ClN3OS/c25-20-4-1-18-15-22(6-3-17(18)13-20)30-27-23-9-12-28(24(23)29)21-5-2-16-7-10-26-11-8-19(16)14-21/h1-6,13-15,23,26-27H,7-12H2/t23-/m0/s1. The smallest absolute Gasteiger partial charge is 0.245 e. The summed E-state index contributed by atoms with van der Waals surface area (Å²) in [7, 11) is 0. The number of carbonyl (C=O) groups excluding carboxylic acids is 1. The molecule has 0 radical (unpaired) electrons. The van der Waals surface area contributed by atoms with Crippen LogP contribution < -0.4 is 14.9 Å². The van der Waals surface area contributed by atoms with Gasteiger partial charge in [0.2, 0.25) is 5.91 Å². The van der Waals surface area contributed by atoms with Gasteiger partial charge >= 0.3 is 0 Å². The molecule has 0 spiro atoms. The van der Waals surface area contributed by atoms with Crippen LogP contribution in [0.4, 0.5) is 5.69 Å². The molecule has 1 atom stereocenters. The summed E-state index contributed by atoms with van der Waals surface area (Å²) >= 11 is 7.59. The molecule has 3 aromatic rings. The van der Waals surface area contributed by atoms with E-state index in [1.165, 1.54) is 23.1 Å². The Morgan fingerprint density at radius 3 is 2.67 bits per heavy atom. The lowest BCUT2D eigenvalue weighted by molar-refractivity contribution is -0.118. The van der Waals surface area contributed by atoms with Gasteiger partial charge in [-0.2, -0.15) is 0 Å². The Hall–Kier alpha value is -2.05. The van der Waals surface area contributed by atoms with Crippen LogP contribution in [0.1, 0.15) is 17.5 Å². The number of hydrogen-bond donors (Lipinski definition) is 2. The molecule has 5 rings (SSSR count). The van der Waals surface area contributed by atoms with E-state index >= 15 is 0 Å². The zero-order valence-electron chi connectivity index (χ0n) is 16.7. The van der Waals surface area contributed by atoms with Crippen molar-refractivity contribution < 1.29 is 4.79 Å². The van der Waals surface area contributed by atoms with Crippen LogP contribution in [-0.2, 0) is 17.6 Å². The van der Waals surface area contributed by atoms with Gasteiger partial charge < -0.3 is 10.2 Å². The van der Waals surface area contributed by atoms with Gasteiger partial charge in [-0.1, -0.05) is 29.8 Å². The number of amides is 1. The zero-order valence-corrected chi connectivity index (χ0v) is 18.2. The number of anilines is 1. The van der Waals surface area contributed by atoms with E-state index < -0.39 is 0 Å². The van der Waals surface area contributed by atoms with E-state index in [-0.39, 0.29) is 11.9 Å². The normalized spacial score (nSPS) is 19.2. The molecule has 30 heavy (non-hydrogen) atoms. The number of nitrogens with zero attached hydrogens (tertiary/aromatic N) is 1. The number of benzene rings is 3. The number of hydrogen-bond acceptors (Lipinski definition) is 4. The van der Waals surface area contributed by atoms with Gasteiger partial charge in [0.1, 0.15) is 0 Å². The van der Waals surface area contributed by atoms with Crippen LogP contribution in [0.5, 0.6) is 0 Å². The first kappa shape index (κ1) is 19.9. The minimum atomic E-state index is -0.170. The fourth-order valence-corrected chi connectivity index (χ4v) is 5.27. The lowest BCUT2D eigenvalue weighted by Gasteiger charge is -2.19. The monoisotopic (exact) mass is 437 g/mol. The van der Waals surface area contributed by atoms with Crippen LogP contribution in [0.25, 0.3) is 10.8 Å². The Bertz CT molecular complexity index is 1100. The molecule has 6 heteroatoms. The first-order chi connectivity index (χ1) is 14.7. The van der Waals surface area contributed by atoms with Gasteiger partial charge in [-0.3, -0.25) is 4.79 Å². The van der Waals surface area contributed by atoms with Gasteiger partial charge in [0.15, 0.2) is 0 Å². The van der Waals surface area contributed by atoms with Gasteiger partial charge in [0, 0.05) is 22.2 Å². The number of nitrogens with one attached hydrogen (secondary N) is 2. The molecule has 2 aliphatic heterocycles. The second-order valence-electron chi connectivity index (χ2n) is 7.91. The predicted molar refractivity (Wildman–Crippen MR) is 125 cm³/mol. The van der Waals surface area contributed by atoms with Crippen molar-refractivity contribution in [3.63, 3.8) is 0 Å². The Morgan fingerprint density at radius 2 is 1.77 bits per heavy atom. The topological polar surface area (TPSA) is 44.4 Å². The lowest BCUT2D eigenvalue weighted by Crippen LogP contribution is -2.35. The van der Waals surface area contributed by atoms with E-state index in [4.69, 9.17) is 11.6 Å². The van der Waals surface area contributed by atoms with E-state index in [1.807, 2.05) is 23.1 Å². The summed E-state index contributed by atoms with van der Waals surface area (Å²) in [5.74, 6) is 0.154. The molecular formula is C24H24ClN3OS. The average Bonchev–Trinajstić information content (AvgIpc) is 2.96. The molecule has 0 aromatic heterocycles. The summed E-state index contributed by atoms with van der Waals surface area (Å²) in [4.78, 5) is 16.1. The highest BCUT2D eigenvalue weighted by Crippen LogP contribution is 2.28. The van der Waals surface area contributed by atoms with Crippen LogP contribution in [0.3, 0.4) is 0 Å². The molecule has 2 N–H and O–H groups in total. The second-order valence-corrected chi connectivity index (χ2v) is 9.26. The van der Waals surface area contributed by atoms with Crippen molar-refractivity contribution in [1.29, 1.82) is 0 Å². The Morgan fingerprint density at radius 1 is 0.967 bits per heavy atom. The van der Waals surface area contributed by atoms with Crippen LogP contribution in [0.2, 0.25) is 5.02 Å². The first-order valence-electron chi connectivity index (χ1n) is 10.4. The predicted octanol–water partition coefficient (Wildman–Crippen LogP) is 4.58. The number of carbonyl (C=O) groups is 1. The molecule has 1 amide bonds. The zero-order chi connectivity index (χ0) is 20.5. The third-order valence-corrected chi connectivity index (χ3v) is 7.07. The SMILES string of the molecule is O=C1[C@@H](NSc2ccc3cc(Cl)ccc3c2)CCN1c1ccc2c(c1)CCNCC2. The quantitative estimate of drug-likeness (QED) is 0.586. The molecule has 154 valence electrons. The fraction of sp³-hybridized carbons (Fsp3) is 0.292. The summed E-state index contributed by atoms with van der Waals surface area (Å²) in [6.45, 7) is 2.79. The van der Waals surface area contributed by atoms with E-state index in [9.17, 15) is 4.79 Å².